The van der Waals surface area contributed by atoms with E-state index in [1.165, 1.54) is 6.07 Å². The van der Waals surface area contributed by atoms with Crippen molar-refractivity contribution in [2.45, 2.75) is 26.3 Å². The number of benzene rings is 1. The van der Waals surface area contributed by atoms with Crippen molar-refractivity contribution in [2.24, 2.45) is 5.73 Å². The van der Waals surface area contributed by atoms with Gasteiger partial charge < -0.3 is 5.73 Å². The van der Waals surface area contributed by atoms with E-state index in [1.807, 2.05) is 6.07 Å². The Balaban J connectivity index is 2.58. The first-order valence-corrected chi connectivity index (χ1v) is 5.67. The van der Waals surface area contributed by atoms with Gasteiger partial charge in [-0.1, -0.05) is 26.0 Å². The Kier molecular flexibility index (Phi) is 3.24. The lowest BCUT2D eigenvalue weighted by Crippen LogP contribution is -2.06. The number of halogens is 1. The summed E-state index contributed by atoms with van der Waals surface area (Å²) < 4.78 is 15.4. The van der Waals surface area contributed by atoms with Crippen LogP contribution < -0.4 is 5.73 Å². The first kappa shape index (κ1) is 11.8. The van der Waals surface area contributed by atoms with Gasteiger partial charge in [-0.3, -0.25) is 0 Å². The average molecular weight is 233 g/mol. The minimum absolute atomic E-state index is 0.266. The van der Waals surface area contributed by atoms with Gasteiger partial charge in [0.15, 0.2) is 0 Å². The molecule has 0 bridgehead atoms. The van der Waals surface area contributed by atoms with Crippen LogP contribution in [0.4, 0.5) is 4.39 Å². The first-order chi connectivity index (χ1) is 8.13. The Morgan fingerprint density at radius 1 is 1.35 bits per heavy atom. The van der Waals surface area contributed by atoms with E-state index in [4.69, 9.17) is 5.73 Å². The summed E-state index contributed by atoms with van der Waals surface area (Å²) in [5.74, 6) is -0.0107. The normalized spacial score (nSPS) is 11.1. The van der Waals surface area contributed by atoms with E-state index in [-0.39, 0.29) is 11.7 Å². The van der Waals surface area contributed by atoms with Crippen molar-refractivity contribution in [2.75, 3.05) is 0 Å². The first-order valence-electron chi connectivity index (χ1n) is 5.67. The van der Waals surface area contributed by atoms with Gasteiger partial charge in [0.2, 0.25) is 0 Å². The second kappa shape index (κ2) is 4.67. The number of para-hydroxylation sites is 1. The number of hydrogen-bond acceptors (Lipinski definition) is 2. The van der Waals surface area contributed by atoms with E-state index < -0.39 is 0 Å². The second-order valence-electron chi connectivity index (χ2n) is 4.28. The molecule has 0 saturated heterocycles. The molecular formula is C13H16FN3. The zero-order valence-electron chi connectivity index (χ0n) is 10.0. The lowest BCUT2D eigenvalue weighted by Gasteiger charge is -2.10. The summed E-state index contributed by atoms with van der Waals surface area (Å²) in [6.45, 7) is 4.46. The van der Waals surface area contributed by atoms with Crippen molar-refractivity contribution in [1.29, 1.82) is 0 Å². The summed E-state index contributed by atoms with van der Waals surface area (Å²) in [5.41, 5.74) is 7.79. The van der Waals surface area contributed by atoms with Crippen LogP contribution in [0, 0.1) is 5.82 Å². The van der Waals surface area contributed by atoms with Gasteiger partial charge in [0, 0.05) is 12.2 Å². The molecule has 0 unspecified atom stereocenters. The van der Waals surface area contributed by atoms with Crippen LogP contribution in [-0.2, 0) is 6.54 Å². The summed E-state index contributed by atoms with van der Waals surface area (Å²) in [6, 6.07) is 8.54. The molecule has 0 atom stereocenters. The van der Waals surface area contributed by atoms with Gasteiger partial charge in [-0.2, -0.15) is 5.10 Å². The molecule has 90 valence electrons. The van der Waals surface area contributed by atoms with Crippen LogP contribution in [0.2, 0.25) is 0 Å². The molecule has 2 aromatic rings. The van der Waals surface area contributed by atoms with E-state index in [0.717, 1.165) is 11.4 Å². The minimum atomic E-state index is -0.277. The van der Waals surface area contributed by atoms with Crippen LogP contribution >= 0.6 is 0 Å². The molecule has 0 aliphatic carbocycles. The predicted molar refractivity (Wildman–Crippen MR) is 65.5 cm³/mol. The molecule has 0 saturated carbocycles. The average Bonchev–Trinajstić information content (AvgIpc) is 2.73. The topological polar surface area (TPSA) is 43.8 Å². The number of nitrogens with two attached hydrogens (primary N) is 1. The van der Waals surface area contributed by atoms with Gasteiger partial charge in [-0.15, -0.1) is 0 Å². The van der Waals surface area contributed by atoms with Gasteiger partial charge in [-0.05, 0) is 24.1 Å². The Bertz CT molecular complexity index is 517. The Morgan fingerprint density at radius 3 is 2.65 bits per heavy atom. The highest BCUT2D eigenvalue weighted by Crippen LogP contribution is 2.21. The molecule has 3 nitrogen and oxygen atoms in total. The van der Waals surface area contributed by atoms with Gasteiger partial charge in [0.05, 0.1) is 5.69 Å². The molecule has 1 aromatic heterocycles. The van der Waals surface area contributed by atoms with Crippen molar-refractivity contribution in [1.82, 2.24) is 9.78 Å². The molecule has 1 aromatic carbocycles. The molecule has 0 aliphatic heterocycles. The molecule has 17 heavy (non-hydrogen) atoms. The van der Waals surface area contributed by atoms with Crippen LogP contribution in [-0.4, -0.2) is 9.78 Å². The summed E-state index contributed by atoms with van der Waals surface area (Å²) >= 11 is 0. The lowest BCUT2D eigenvalue weighted by atomic mass is 10.1. The van der Waals surface area contributed by atoms with Crippen LogP contribution in [0.15, 0.2) is 30.3 Å². The molecule has 2 N–H and O–H groups in total. The van der Waals surface area contributed by atoms with E-state index >= 15 is 0 Å². The third-order valence-electron chi connectivity index (χ3n) is 2.67. The summed E-state index contributed by atoms with van der Waals surface area (Å²) in [5, 5.41) is 4.33. The monoisotopic (exact) mass is 233 g/mol. The maximum atomic E-state index is 13.7. The predicted octanol–water partition coefficient (Wildman–Crippen LogP) is 2.59. The fourth-order valence-corrected chi connectivity index (χ4v) is 1.77. The fourth-order valence-electron chi connectivity index (χ4n) is 1.77. The summed E-state index contributed by atoms with van der Waals surface area (Å²) in [6.07, 6.45) is 0. The van der Waals surface area contributed by atoms with Crippen LogP contribution in [0.25, 0.3) is 5.69 Å². The van der Waals surface area contributed by atoms with Crippen LogP contribution in [0.1, 0.15) is 31.2 Å². The zero-order chi connectivity index (χ0) is 12.4. The van der Waals surface area contributed by atoms with Gasteiger partial charge in [0.25, 0.3) is 0 Å². The smallest absolute Gasteiger partial charge is 0.148 e. The standard InChI is InChI=1S/C13H16FN3/c1-9(2)13-7-10(8-15)16-17(13)12-6-4-3-5-11(12)14/h3-7,9H,8,15H2,1-2H3. The molecule has 0 radical (unpaired) electrons. The summed E-state index contributed by atoms with van der Waals surface area (Å²) in [4.78, 5) is 0. The maximum absolute atomic E-state index is 13.7. The van der Waals surface area contributed by atoms with Gasteiger partial charge in [-0.25, -0.2) is 9.07 Å². The Labute approximate surface area is 100 Å². The molecule has 0 fully saturated rings. The fraction of sp³-hybridized carbons (Fsp3) is 0.308. The number of rotatable bonds is 3. The Hall–Kier alpha value is -1.68. The number of hydrogen-bond donors (Lipinski definition) is 1. The van der Waals surface area contributed by atoms with Gasteiger partial charge in [0.1, 0.15) is 11.5 Å². The largest absolute Gasteiger partial charge is 0.325 e. The third-order valence-corrected chi connectivity index (χ3v) is 2.67. The lowest BCUT2D eigenvalue weighted by molar-refractivity contribution is 0.601. The number of aromatic nitrogens is 2. The Morgan fingerprint density at radius 2 is 2.06 bits per heavy atom. The molecule has 0 aliphatic rings. The molecule has 1 heterocycles. The maximum Gasteiger partial charge on any atom is 0.148 e. The highest BCUT2D eigenvalue weighted by Gasteiger charge is 2.14. The van der Waals surface area contributed by atoms with Crippen LogP contribution in [0.3, 0.4) is 0 Å². The van der Waals surface area contributed by atoms with E-state index in [9.17, 15) is 4.39 Å². The SMILES string of the molecule is CC(C)c1cc(CN)nn1-c1ccccc1F. The molecule has 0 amide bonds. The van der Waals surface area contributed by atoms with Crippen molar-refractivity contribution in [3.8, 4) is 5.69 Å². The zero-order valence-corrected chi connectivity index (χ0v) is 10.0. The van der Waals surface area contributed by atoms with E-state index in [0.29, 0.717) is 12.2 Å². The number of nitrogens with zero attached hydrogens (tertiary/aromatic N) is 2. The summed E-state index contributed by atoms with van der Waals surface area (Å²) in [7, 11) is 0. The highest BCUT2D eigenvalue weighted by atomic mass is 19.1. The molecule has 2 rings (SSSR count). The molecule has 0 spiro atoms. The quantitative estimate of drug-likeness (QED) is 0.885. The van der Waals surface area contributed by atoms with Crippen molar-refractivity contribution >= 4 is 0 Å². The molecule has 4 heteroatoms. The highest BCUT2D eigenvalue weighted by molar-refractivity contribution is 5.35. The van der Waals surface area contributed by atoms with Crippen molar-refractivity contribution in [3.63, 3.8) is 0 Å². The van der Waals surface area contributed by atoms with Gasteiger partial charge >= 0.3 is 0 Å². The third kappa shape index (κ3) is 2.22. The van der Waals surface area contributed by atoms with Crippen molar-refractivity contribution < 1.29 is 4.39 Å². The molecular weight excluding hydrogens is 217 g/mol. The van der Waals surface area contributed by atoms with Crippen molar-refractivity contribution in [3.05, 3.63) is 47.5 Å². The van der Waals surface area contributed by atoms with Crippen LogP contribution in [0.5, 0.6) is 0 Å². The second-order valence-corrected chi connectivity index (χ2v) is 4.28. The minimum Gasteiger partial charge on any atom is -0.325 e. The van der Waals surface area contributed by atoms with E-state index in [2.05, 4.69) is 18.9 Å². The van der Waals surface area contributed by atoms with E-state index in [1.54, 1.807) is 22.9 Å².